The number of imide groups is 1. The number of carbonyl (C=O) groups excluding carboxylic acids is 3. The Bertz CT molecular complexity index is 2590. The molecule has 0 bridgehead atoms. The number of rotatable bonds is 11. The van der Waals surface area contributed by atoms with Gasteiger partial charge in [-0.3, -0.25) is 29.4 Å². The zero-order valence-electron chi connectivity index (χ0n) is 32.9. The van der Waals surface area contributed by atoms with Crippen molar-refractivity contribution < 1.29 is 53.6 Å². The summed E-state index contributed by atoms with van der Waals surface area (Å²) in [7, 11) is 0. The number of fused-ring (bicyclic) bond motifs is 3. The Balaban J connectivity index is 1.40. The van der Waals surface area contributed by atoms with Gasteiger partial charge in [-0.15, -0.1) is 0 Å². The van der Waals surface area contributed by atoms with E-state index in [4.69, 9.17) is 14.2 Å². The number of para-hydroxylation sites is 1. The first-order valence-corrected chi connectivity index (χ1v) is 19.7. The van der Waals surface area contributed by atoms with Gasteiger partial charge in [-0.05, 0) is 58.7 Å². The smallest absolute Gasteiger partial charge is 0.421 e. The normalized spacial score (nSPS) is 22.5. The van der Waals surface area contributed by atoms with Crippen LogP contribution in [0.2, 0.25) is 0 Å². The van der Waals surface area contributed by atoms with Crippen molar-refractivity contribution >= 4 is 35.3 Å². The summed E-state index contributed by atoms with van der Waals surface area (Å²) in [6, 6.07) is 30.5. The van der Waals surface area contributed by atoms with Crippen LogP contribution in [-0.4, -0.2) is 74.9 Å². The van der Waals surface area contributed by atoms with Crippen LogP contribution in [0.15, 0.2) is 127 Å². The number of ether oxygens (including phenoxy) is 3. The predicted molar refractivity (Wildman–Crippen MR) is 220 cm³/mol. The first kappa shape index (κ1) is 41.4. The van der Waals surface area contributed by atoms with Crippen molar-refractivity contribution in [2.24, 2.45) is 5.92 Å². The van der Waals surface area contributed by atoms with Crippen molar-refractivity contribution in [1.29, 1.82) is 0 Å². The second-order valence-electron chi connectivity index (χ2n) is 14.8. The minimum atomic E-state index is -2.30. The summed E-state index contributed by atoms with van der Waals surface area (Å²) >= 11 is 0. The van der Waals surface area contributed by atoms with Gasteiger partial charge in [0.25, 0.3) is 5.69 Å². The van der Waals surface area contributed by atoms with Crippen LogP contribution in [-0.2, 0) is 35.9 Å². The van der Waals surface area contributed by atoms with Crippen molar-refractivity contribution in [3.63, 3.8) is 0 Å². The summed E-state index contributed by atoms with van der Waals surface area (Å²) in [4.78, 5) is 72.6. The molecule has 3 N–H and O–H groups in total. The Hall–Kier alpha value is -7.38. The number of hydrogen-bond acceptors (Lipinski definition) is 12. The number of non-ortho nitro benzene ring substituents is 1. The summed E-state index contributed by atoms with van der Waals surface area (Å²) in [5.74, 6) is 0.637. The number of nitrogens with zero attached hydrogens (tertiary/aromatic N) is 3. The minimum Gasteiger partial charge on any atom is -0.491 e. The van der Waals surface area contributed by atoms with Crippen LogP contribution in [0, 0.1) is 27.9 Å². The Labute approximate surface area is 354 Å². The number of esters is 1. The maximum Gasteiger partial charge on any atom is 0.421 e. The van der Waals surface area contributed by atoms with Gasteiger partial charge in [0.15, 0.2) is 0 Å². The fourth-order valence-electron chi connectivity index (χ4n) is 9.05. The molecule has 0 aliphatic carbocycles. The van der Waals surface area contributed by atoms with Crippen molar-refractivity contribution in [2.75, 3.05) is 24.7 Å². The predicted octanol–water partition coefficient (Wildman–Crippen LogP) is 5.79. The van der Waals surface area contributed by atoms with Crippen LogP contribution in [0.1, 0.15) is 58.0 Å². The molecule has 2 fully saturated rings. The number of amides is 2. The summed E-state index contributed by atoms with van der Waals surface area (Å²) in [6.45, 7) is -1.19. The number of carboxylic acids is 1. The van der Waals surface area contributed by atoms with Crippen molar-refractivity contribution in [3.8, 4) is 17.6 Å². The number of benzene rings is 5. The Morgan fingerprint density at radius 2 is 1.52 bits per heavy atom. The maximum atomic E-state index is 16.0. The third kappa shape index (κ3) is 7.09. The summed E-state index contributed by atoms with van der Waals surface area (Å²) in [5.41, 5.74) is -0.235. The quantitative estimate of drug-likeness (QED) is 0.0625. The highest BCUT2D eigenvalue weighted by atomic mass is 16.6. The minimum absolute atomic E-state index is 0.0227. The number of hydrogen-bond donors (Lipinski definition) is 3. The Morgan fingerprint density at radius 1 is 0.839 bits per heavy atom. The summed E-state index contributed by atoms with van der Waals surface area (Å²) in [6.07, 6.45) is -2.08. The number of nitro groups is 1. The first-order valence-electron chi connectivity index (χ1n) is 19.7. The largest absolute Gasteiger partial charge is 0.491 e. The summed E-state index contributed by atoms with van der Waals surface area (Å²) < 4.78 is 18.1. The molecular formula is C47H39N3O12. The SMILES string of the molecule is O=C1OC(c2ccccc2)C(c2ccccc2)N2C1C(C(=O)O)C1(C(=O)N(C(=O)OCc3ccc([N+](=O)[O-])cc3)c3ccc(C#CCCO)cc31)C2c1ccccc1OCCO. The monoisotopic (exact) mass is 837 g/mol. The lowest BCUT2D eigenvalue weighted by Gasteiger charge is -2.46. The average Bonchev–Trinajstić information content (AvgIpc) is 3.74. The summed E-state index contributed by atoms with van der Waals surface area (Å²) in [5, 5.41) is 42.2. The highest BCUT2D eigenvalue weighted by Crippen LogP contribution is 2.66. The molecule has 5 aromatic carbocycles. The molecule has 5 aromatic rings. The molecule has 15 heteroatoms. The van der Waals surface area contributed by atoms with Crippen LogP contribution >= 0.6 is 0 Å². The van der Waals surface area contributed by atoms with E-state index in [0.29, 0.717) is 22.3 Å². The number of aliphatic hydroxyl groups excluding tert-OH is 2. The van der Waals surface area contributed by atoms with E-state index in [1.54, 1.807) is 71.6 Å². The zero-order valence-corrected chi connectivity index (χ0v) is 32.9. The lowest BCUT2D eigenvalue weighted by Crippen LogP contribution is -2.53. The number of anilines is 1. The molecule has 62 heavy (non-hydrogen) atoms. The molecule has 3 aliphatic rings. The third-order valence-electron chi connectivity index (χ3n) is 11.4. The molecule has 2 amide bonds. The third-order valence-corrected chi connectivity index (χ3v) is 11.4. The number of cyclic esters (lactones) is 1. The Morgan fingerprint density at radius 3 is 2.18 bits per heavy atom. The Kier molecular flexibility index (Phi) is 11.5. The molecule has 0 radical (unpaired) electrons. The van der Waals surface area contributed by atoms with E-state index in [1.807, 2.05) is 24.3 Å². The van der Waals surface area contributed by atoms with E-state index in [-0.39, 0.29) is 54.5 Å². The van der Waals surface area contributed by atoms with Gasteiger partial charge in [-0.1, -0.05) is 90.7 Å². The van der Waals surface area contributed by atoms with Crippen LogP contribution in [0.5, 0.6) is 5.75 Å². The second kappa shape index (κ2) is 17.3. The zero-order chi connectivity index (χ0) is 43.5. The fourth-order valence-corrected chi connectivity index (χ4v) is 9.05. The molecule has 1 spiro atoms. The second-order valence-corrected chi connectivity index (χ2v) is 14.8. The maximum absolute atomic E-state index is 16.0. The molecule has 8 rings (SSSR count). The topological polar surface area (TPSA) is 206 Å². The van der Waals surface area contributed by atoms with Crippen LogP contribution in [0.3, 0.4) is 0 Å². The van der Waals surface area contributed by atoms with Gasteiger partial charge in [0.1, 0.15) is 42.4 Å². The molecule has 0 saturated carbocycles. The van der Waals surface area contributed by atoms with E-state index in [0.717, 1.165) is 4.90 Å². The van der Waals surface area contributed by atoms with Crippen molar-refractivity contribution in [2.45, 2.75) is 42.7 Å². The lowest BCUT2D eigenvalue weighted by molar-refractivity contribution is -0.384. The fraction of sp³-hybridized carbons (Fsp3) is 0.234. The number of aliphatic carboxylic acids is 1. The molecule has 15 nitrogen and oxygen atoms in total. The van der Waals surface area contributed by atoms with Gasteiger partial charge in [0, 0.05) is 29.7 Å². The molecular weight excluding hydrogens is 799 g/mol. The molecule has 314 valence electrons. The van der Waals surface area contributed by atoms with Crippen LogP contribution < -0.4 is 9.64 Å². The van der Waals surface area contributed by atoms with Gasteiger partial charge in [0.05, 0.1) is 35.9 Å². The molecule has 6 unspecified atom stereocenters. The van der Waals surface area contributed by atoms with Gasteiger partial charge < -0.3 is 29.5 Å². The molecule has 3 aliphatic heterocycles. The number of carbonyl (C=O) groups is 4. The van der Waals surface area contributed by atoms with Crippen LogP contribution in [0.25, 0.3) is 0 Å². The number of nitro benzene ring substituents is 1. The average molecular weight is 838 g/mol. The number of carboxylic acid groups (broad SMARTS) is 1. The number of aliphatic hydroxyl groups is 2. The molecule has 2 saturated heterocycles. The van der Waals surface area contributed by atoms with Crippen molar-refractivity contribution in [3.05, 3.63) is 171 Å². The molecule has 0 aromatic heterocycles. The number of morpholine rings is 1. The molecule has 3 heterocycles. The highest BCUT2D eigenvalue weighted by molar-refractivity contribution is 6.23. The van der Waals surface area contributed by atoms with Crippen LogP contribution in [0.4, 0.5) is 16.2 Å². The molecule has 6 atom stereocenters. The standard InChI is InChI=1S/C47H39N3O12/c51-24-10-9-11-29-20-23-36-35(27-29)47(45(56)48(36)46(57)61-28-30-18-21-33(22-19-30)50(58)59)38(43(53)54)40-44(55)62-41(32-14-5-2-6-15-32)39(31-12-3-1-4-13-31)49(40)42(47)34-16-7-8-17-37(34)60-26-25-52/h1-8,12-23,27,38-42,51-52H,10,24-26,28H2,(H,53,54). The highest BCUT2D eigenvalue weighted by Gasteiger charge is 2.76. The lowest BCUT2D eigenvalue weighted by atomic mass is 9.65. The van der Waals surface area contributed by atoms with Gasteiger partial charge >= 0.3 is 18.0 Å². The van der Waals surface area contributed by atoms with E-state index < -0.39 is 71.0 Å². The van der Waals surface area contributed by atoms with E-state index >= 15 is 4.79 Å². The van der Waals surface area contributed by atoms with Gasteiger partial charge in [-0.2, -0.15) is 0 Å². The van der Waals surface area contributed by atoms with E-state index in [2.05, 4.69) is 11.8 Å². The van der Waals surface area contributed by atoms with Gasteiger partial charge in [0.2, 0.25) is 5.91 Å². The van der Waals surface area contributed by atoms with E-state index in [1.165, 1.54) is 36.4 Å². The van der Waals surface area contributed by atoms with Crippen molar-refractivity contribution in [1.82, 2.24) is 4.90 Å². The van der Waals surface area contributed by atoms with Gasteiger partial charge in [-0.25, -0.2) is 9.69 Å². The van der Waals surface area contributed by atoms with E-state index in [9.17, 15) is 39.8 Å². The first-order chi connectivity index (χ1) is 30.1.